The Morgan fingerprint density at radius 2 is 1.09 bits per heavy atom. The van der Waals surface area contributed by atoms with Crippen LogP contribution in [-0.2, 0) is 30.8 Å². The summed E-state index contributed by atoms with van der Waals surface area (Å²) in [6, 6.07) is 43.0. The van der Waals surface area contributed by atoms with Gasteiger partial charge in [-0.2, -0.15) is 0 Å². The fourth-order valence-electron chi connectivity index (χ4n) is 4.87. The van der Waals surface area contributed by atoms with Crippen LogP contribution in [0.4, 0.5) is 0 Å². The smallest absolute Gasteiger partial charge is 0.148 e. The minimum atomic E-state index is 0.0151. The van der Waals surface area contributed by atoms with Crippen LogP contribution in [0.15, 0.2) is 126 Å². The predicted molar refractivity (Wildman–Crippen MR) is 143 cm³/mol. The highest BCUT2D eigenvalue weighted by atomic mass is 16.6. The van der Waals surface area contributed by atoms with Crippen molar-refractivity contribution in [2.75, 3.05) is 0 Å². The van der Waals surface area contributed by atoms with Gasteiger partial charge in [-0.15, -0.1) is 0 Å². The van der Waals surface area contributed by atoms with Gasteiger partial charge in [-0.05, 0) is 28.7 Å². The summed E-state index contributed by atoms with van der Waals surface area (Å²) in [4.78, 5) is 8.75. The van der Waals surface area contributed by atoms with Crippen molar-refractivity contribution in [3.63, 3.8) is 0 Å². The first kappa shape index (κ1) is 23.1. The average molecular weight is 461 g/mol. The first-order valence-electron chi connectivity index (χ1n) is 12.4. The molecule has 1 heterocycles. The Morgan fingerprint density at radius 3 is 1.60 bits per heavy atom. The second-order valence-electron chi connectivity index (χ2n) is 9.30. The monoisotopic (exact) mass is 460 g/mol. The molecule has 5 rings (SSSR count). The van der Waals surface area contributed by atoms with E-state index in [1.165, 1.54) is 22.3 Å². The van der Waals surface area contributed by atoms with E-state index in [4.69, 9.17) is 4.84 Å². The third-order valence-corrected chi connectivity index (χ3v) is 6.65. The van der Waals surface area contributed by atoms with Crippen LogP contribution in [0.2, 0.25) is 0 Å². The molecule has 0 N–H and O–H groups in total. The number of benzene rings is 4. The molecule has 3 nitrogen and oxygen atoms in total. The third-order valence-electron chi connectivity index (χ3n) is 6.65. The van der Waals surface area contributed by atoms with Crippen LogP contribution in [0.3, 0.4) is 0 Å². The molecule has 3 heteroatoms. The van der Waals surface area contributed by atoms with E-state index in [0.29, 0.717) is 0 Å². The summed E-state index contributed by atoms with van der Waals surface area (Å²) in [5.41, 5.74) is 6.35. The van der Waals surface area contributed by atoms with Crippen molar-refractivity contribution in [1.29, 1.82) is 0 Å². The van der Waals surface area contributed by atoms with Crippen molar-refractivity contribution in [2.45, 2.75) is 44.5 Å². The summed E-state index contributed by atoms with van der Waals surface area (Å²) in [6.07, 6.45) is 2.62. The Bertz CT molecular complexity index is 1150. The lowest BCUT2D eigenvalue weighted by Crippen LogP contribution is -2.44. The molecular formula is C32H32N2O. The van der Waals surface area contributed by atoms with Crippen molar-refractivity contribution >= 4 is 5.71 Å². The molecule has 0 fully saturated rings. The van der Waals surface area contributed by atoms with E-state index in [0.717, 1.165) is 38.1 Å². The second-order valence-corrected chi connectivity index (χ2v) is 9.30. The van der Waals surface area contributed by atoms with Crippen LogP contribution < -0.4 is 0 Å². The third kappa shape index (κ3) is 6.46. The zero-order valence-electron chi connectivity index (χ0n) is 20.0. The van der Waals surface area contributed by atoms with Crippen molar-refractivity contribution in [3.8, 4) is 0 Å². The first-order chi connectivity index (χ1) is 17.3. The van der Waals surface area contributed by atoms with E-state index in [9.17, 15) is 0 Å². The minimum Gasteiger partial charge on any atom is -0.390 e. The lowest BCUT2D eigenvalue weighted by atomic mass is 9.94. The van der Waals surface area contributed by atoms with Gasteiger partial charge in [-0.1, -0.05) is 126 Å². The number of hydrogen-bond donors (Lipinski definition) is 0. The molecule has 1 aliphatic heterocycles. The molecule has 176 valence electrons. The van der Waals surface area contributed by atoms with Gasteiger partial charge < -0.3 is 4.84 Å². The van der Waals surface area contributed by atoms with Crippen molar-refractivity contribution in [2.24, 2.45) is 5.16 Å². The summed E-state index contributed by atoms with van der Waals surface area (Å²) in [6.45, 7) is 1.72. The molecule has 0 radical (unpaired) electrons. The number of nitrogens with zero attached hydrogens (tertiary/aromatic N) is 2. The highest BCUT2D eigenvalue weighted by molar-refractivity contribution is 5.87. The molecule has 0 aliphatic carbocycles. The molecule has 0 aromatic heterocycles. The maximum atomic E-state index is 6.17. The van der Waals surface area contributed by atoms with Crippen molar-refractivity contribution in [3.05, 3.63) is 144 Å². The summed E-state index contributed by atoms with van der Waals surface area (Å²) < 4.78 is 0. The molecule has 0 amide bonds. The molecule has 0 saturated carbocycles. The van der Waals surface area contributed by atoms with Crippen LogP contribution in [0.5, 0.6) is 0 Å². The molecule has 2 atom stereocenters. The van der Waals surface area contributed by atoms with Gasteiger partial charge in [0.25, 0.3) is 0 Å². The highest BCUT2D eigenvalue weighted by Crippen LogP contribution is 2.26. The molecule has 0 spiro atoms. The number of oxime groups is 1. The SMILES string of the molecule is c1ccc(CC2=NO[C@H]([C@H](Cc3ccccc3)N(Cc3ccccc3)Cc3ccccc3)C2)cc1. The van der Waals surface area contributed by atoms with Gasteiger partial charge in [0.05, 0.1) is 11.8 Å². The zero-order valence-corrected chi connectivity index (χ0v) is 20.0. The van der Waals surface area contributed by atoms with Crippen LogP contribution in [0.25, 0.3) is 0 Å². The lowest BCUT2D eigenvalue weighted by Gasteiger charge is -2.35. The van der Waals surface area contributed by atoms with Gasteiger partial charge in [0.1, 0.15) is 6.10 Å². The van der Waals surface area contributed by atoms with Crippen LogP contribution >= 0.6 is 0 Å². The Hall–Kier alpha value is -3.69. The van der Waals surface area contributed by atoms with Crippen LogP contribution in [0.1, 0.15) is 28.7 Å². The van der Waals surface area contributed by atoms with Gasteiger partial charge in [0.2, 0.25) is 0 Å². The van der Waals surface area contributed by atoms with Crippen molar-refractivity contribution < 1.29 is 4.84 Å². The minimum absolute atomic E-state index is 0.0151. The molecule has 4 aromatic rings. The Kier molecular flexibility index (Phi) is 7.67. The largest absolute Gasteiger partial charge is 0.390 e. The van der Waals surface area contributed by atoms with E-state index >= 15 is 0 Å². The van der Waals surface area contributed by atoms with Crippen molar-refractivity contribution in [1.82, 2.24) is 4.90 Å². The Balaban J connectivity index is 1.41. The quantitative estimate of drug-likeness (QED) is 0.263. The fourth-order valence-corrected chi connectivity index (χ4v) is 4.87. The maximum Gasteiger partial charge on any atom is 0.148 e. The number of rotatable bonds is 10. The average Bonchev–Trinajstić information content (AvgIpc) is 3.37. The summed E-state index contributed by atoms with van der Waals surface area (Å²) in [7, 11) is 0. The maximum absolute atomic E-state index is 6.17. The van der Waals surface area contributed by atoms with Gasteiger partial charge in [0, 0.05) is 25.9 Å². The second kappa shape index (κ2) is 11.6. The van der Waals surface area contributed by atoms with E-state index in [2.05, 4.69) is 131 Å². The van der Waals surface area contributed by atoms with E-state index < -0.39 is 0 Å². The van der Waals surface area contributed by atoms with E-state index in [-0.39, 0.29) is 12.1 Å². The van der Waals surface area contributed by atoms with Gasteiger partial charge in [0.15, 0.2) is 0 Å². The van der Waals surface area contributed by atoms with Gasteiger partial charge >= 0.3 is 0 Å². The molecular weight excluding hydrogens is 428 g/mol. The molecule has 0 bridgehead atoms. The Morgan fingerprint density at radius 1 is 0.629 bits per heavy atom. The summed E-state index contributed by atoms with van der Waals surface area (Å²) in [5.74, 6) is 0. The van der Waals surface area contributed by atoms with E-state index in [1.54, 1.807) is 0 Å². The molecule has 0 saturated heterocycles. The molecule has 1 aliphatic rings. The molecule has 0 unspecified atom stereocenters. The van der Waals surface area contributed by atoms with Crippen LogP contribution in [0, 0.1) is 0 Å². The standard InChI is InChI=1S/C32H32N2O/c1-5-13-26(14-6-1)21-30-23-32(35-33-30)31(22-27-15-7-2-8-16-27)34(24-28-17-9-3-10-18-28)25-29-19-11-4-12-20-29/h1-20,31-32H,21-25H2/t31-,32-/m0/s1. The first-order valence-corrected chi connectivity index (χ1v) is 12.4. The number of hydrogen-bond acceptors (Lipinski definition) is 3. The summed E-state index contributed by atoms with van der Waals surface area (Å²) >= 11 is 0. The fraction of sp³-hybridized carbons (Fsp3) is 0.219. The topological polar surface area (TPSA) is 24.8 Å². The van der Waals surface area contributed by atoms with E-state index in [1.807, 2.05) is 0 Å². The highest BCUT2D eigenvalue weighted by Gasteiger charge is 2.34. The van der Waals surface area contributed by atoms with Gasteiger partial charge in [-0.25, -0.2) is 0 Å². The van der Waals surface area contributed by atoms with Gasteiger partial charge in [-0.3, -0.25) is 4.90 Å². The normalized spacial score (nSPS) is 16.0. The summed E-state index contributed by atoms with van der Waals surface area (Å²) in [5, 5.41) is 4.56. The Labute approximate surface area is 208 Å². The molecule has 35 heavy (non-hydrogen) atoms. The predicted octanol–water partition coefficient (Wildman–Crippen LogP) is 6.69. The van der Waals surface area contributed by atoms with Crippen LogP contribution in [-0.4, -0.2) is 22.8 Å². The molecule has 4 aromatic carbocycles. The zero-order chi connectivity index (χ0) is 23.7. The lowest BCUT2D eigenvalue weighted by molar-refractivity contribution is 0.000135.